The lowest BCUT2D eigenvalue weighted by Crippen LogP contribution is -2.23. The van der Waals surface area contributed by atoms with Crippen LogP contribution < -0.4 is 4.90 Å². The van der Waals surface area contributed by atoms with Crippen molar-refractivity contribution in [3.05, 3.63) is 56.3 Å². The number of hydrogen-bond acceptors (Lipinski definition) is 5. The summed E-state index contributed by atoms with van der Waals surface area (Å²) < 4.78 is 0. The van der Waals surface area contributed by atoms with Crippen molar-refractivity contribution >= 4 is 22.7 Å². The molecule has 0 unspecified atom stereocenters. The van der Waals surface area contributed by atoms with Gasteiger partial charge in [-0.25, -0.2) is 0 Å². The monoisotopic (exact) mass is 299 g/mol. The molecule has 1 aliphatic rings. The smallest absolute Gasteiger partial charge is 0.293 e. The Balaban J connectivity index is 2.03. The van der Waals surface area contributed by atoms with Crippen LogP contribution in [0.15, 0.2) is 35.0 Å². The molecule has 106 valence electrons. The first-order valence-electron chi connectivity index (χ1n) is 6.68. The van der Waals surface area contributed by atoms with E-state index in [1.165, 1.54) is 11.6 Å². The van der Waals surface area contributed by atoms with Crippen molar-refractivity contribution in [1.29, 1.82) is 5.26 Å². The van der Waals surface area contributed by atoms with Crippen LogP contribution in [0.5, 0.6) is 0 Å². The molecule has 0 bridgehead atoms. The Morgan fingerprint density at radius 1 is 1.43 bits per heavy atom. The molecule has 0 spiro atoms. The molecule has 0 saturated carbocycles. The van der Waals surface area contributed by atoms with E-state index in [9.17, 15) is 10.1 Å². The molecule has 0 N–H and O–H groups in total. The summed E-state index contributed by atoms with van der Waals surface area (Å²) in [6, 6.07) is 8.91. The number of thiophene rings is 1. The van der Waals surface area contributed by atoms with Crippen LogP contribution in [0, 0.1) is 21.4 Å². The molecule has 1 aliphatic heterocycles. The van der Waals surface area contributed by atoms with Gasteiger partial charge in [-0.1, -0.05) is 0 Å². The highest BCUT2D eigenvalue weighted by Crippen LogP contribution is 2.41. The van der Waals surface area contributed by atoms with E-state index in [1.807, 2.05) is 11.4 Å². The van der Waals surface area contributed by atoms with Crippen LogP contribution in [0.1, 0.15) is 30.0 Å². The van der Waals surface area contributed by atoms with Crippen LogP contribution in [0.25, 0.3) is 0 Å². The van der Waals surface area contributed by atoms with Crippen molar-refractivity contribution in [3.8, 4) is 6.07 Å². The van der Waals surface area contributed by atoms with E-state index in [4.69, 9.17) is 5.26 Å². The van der Waals surface area contributed by atoms with Gasteiger partial charge in [-0.2, -0.15) is 16.6 Å². The zero-order valence-corrected chi connectivity index (χ0v) is 12.0. The van der Waals surface area contributed by atoms with Crippen molar-refractivity contribution in [1.82, 2.24) is 0 Å². The van der Waals surface area contributed by atoms with Crippen LogP contribution in [-0.4, -0.2) is 11.5 Å². The van der Waals surface area contributed by atoms with Gasteiger partial charge in [0.25, 0.3) is 5.69 Å². The summed E-state index contributed by atoms with van der Waals surface area (Å²) in [4.78, 5) is 13.0. The highest BCUT2D eigenvalue weighted by molar-refractivity contribution is 7.08. The van der Waals surface area contributed by atoms with Gasteiger partial charge in [-0.15, -0.1) is 0 Å². The number of rotatable bonds is 3. The number of benzene rings is 1. The van der Waals surface area contributed by atoms with Gasteiger partial charge in [0, 0.05) is 12.6 Å². The lowest BCUT2D eigenvalue weighted by Gasteiger charge is -2.26. The molecular weight excluding hydrogens is 286 g/mol. The minimum Gasteiger partial charge on any atom is -0.359 e. The predicted molar refractivity (Wildman–Crippen MR) is 81.5 cm³/mol. The zero-order valence-electron chi connectivity index (χ0n) is 11.2. The molecule has 1 aromatic carbocycles. The summed E-state index contributed by atoms with van der Waals surface area (Å²) in [5.74, 6) is 0. The Labute approximate surface area is 126 Å². The van der Waals surface area contributed by atoms with Crippen molar-refractivity contribution in [2.45, 2.75) is 18.9 Å². The molecule has 1 fully saturated rings. The van der Waals surface area contributed by atoms with E-state index in [-0.39, 0.29) is 11.7 Å². The van der Waals surface area contributed by atoms with Gasteiger partial charge in [-0.3, -0.25) is 10.1 Å². The summed E-state index contributed by atoms with van der Waals surface area (Å²) in [5.41, 5.74) is 2.14. The van der Waals surface area contributed by atoms with Crippen LogP contribution in [-0.2, 0) is 0 Å². The van der Waals surface area contributed by atoms with Crippen molar-refractivity contribution in [2.75, 3.05) is 11.4 Å². The summed E-state index contributed by atoms with van der Waals surface area (Å²) in [7, 11) is 0. The summed E-state index contributed by atoms with van der Waals surface area (Å²) in [6.45, 7) is 0.799. The molecule has 0 aliphatic carbocycles. The van der Waals surface area contributed by atoms with Gasteiger partial charge in [0.15, 0.2) is 0 Å². The van der Waals surface area contributed by atoms with Crippen molar-refractivity contribution < 1.29 is 4.92 Å². The number of hydrogen-bond donors (Lipinski definition) is 0. The number of nitrogens with zero attached hydrogens (tertiary/aromatic N) is 3. The molecule has 1 aromatic heterocycles. The first-order valence-corrected chi connectivity index (χ1v) is 7.62. The molecule has 1 saturated heterocycles. The fraction of sp³-hybridized carbons (Fsp3) is 0.267. The molecule has 21 heavy (non-hydrogen) atoms. The first-order chi connectivity index (χ1) is 10.2. The summed E-state index contributed by atoms with van der Waals surface area (Å²) >= 11 is 1.64. The third kappa shape index (κ3) is 2.48. The highest BCUT2D eigenvalue weighted by Gasteiger charge is 2.31. The normalized spacial score (nSPS) is 17.7. The van der Waals surface area contributed by atoms with Gasteiger partial charge >= 0.3 is 0 Å². The second kappa shape index (κ2) is 5.54. The van der Waals surface area contributed by atoms with Gasteiger partial charge in [0.2, 0.25) is 0 Å². The predicted octanol–water partition coefficient (Wildman–Crippen LogP) is 3.87. The van der Waals surface area contributed by atoms with E-state index in [1.54, 1.807) is 23.5 Å². The Bertz CT molecular complexity index is 706. The molecule has 0 radical (unpaired) electrons. The third-order valence-corrected chi connectivity index (χ3v) is 4.49. The Morgan fingerprint density at radius 2 is 2.29 bits per heavy atom. The zero-order chi connectivity index (χ0) is 14.8. The number of nitro groups is 1. The van der Waals surface area contributed by atoms with E-state index >= 15 is 0 Å². The minimum absolute atomic E-state index is 0.0104. The Morgan fingerprint density at radius 3 is 2.95 bits per heavy atom. The number of nitro benzene ring substituents is 1. The molecule has 3 rings (SSSR count). The van der Waals surface area contributed by atoms with Crippen LogP contribution in [0.4, 0.5) is 11.4 Å². The molecule has 5 nitrogen and oxygen atoms in total. The van der Waals surface area contributed by atoms with E-state index in [0.29, 0.717) is 11.3 Å². The topological polar surface area (TPSA) is 70.2 Å². The lowest BCUT2D eigenvalue weighted by molar-refractivity contribution is -0.384. The largest absolute Gasteiger partial charge is 0.359 e. The maximum atomic E-state index is 11.3. The third-order valence-electron chi connectivity index (χ3n) is 3.79. The Kier molecular flexibility index (Phi) is 3.59. The highest BCUT2D eigenvalue weighted by atomic mass is 32.1. The van der Waals surface area contributed by atoms with E-state index in [0.717, 1.165) is 19.4 Å². The molecule has 2 heterocycles. The van der Waals surface area contributed by atoms with Crippen LogP contribution in [0.2, 0.25) is 0 Å². The van der Waals surface area contributed by atoms with Crippen molar-refractivity contribution in [2.24, 2.45) is 0 Å². The fourth-order valence-corrected chi connectivity index (χ4v) is 3.56. The van der Waals surface area contributed by atoms with Crippen molar-refractivity contribution in [3.63, 3.8) is 0 Å². The second-order valence-electron chi connectivity index (χ2n) is 4.98. The maximum Gasteiger partial charge on any atom is 0.293 e. The number of nitriles is 1. The van der Waals surface area contributed by atoms with E-state index < -0.39 is 4.92 Å². The maximum absolute atomic E-state index is 11.3. The van der Waals surface area contributed by atoms with E-state index in [2.05, 4.69) is 16.3 Å². The Hall–Kier alpha value is -2.39. The molecule has 6 heteroatoms. The lowest BCUT2D eigenvalue weighted by atomic mass is 10.1. The van der Waals surface area contributed by atoms with Gasteiger partial charge < -0.3 is 4.90 Å². The van der Waals surface area contributed by atoms with Gasteiger partial charge in [0.1, 0.15) is 5.69 Å². The summed E-state index contributed by atoms with van der Waals surface area (Å²) in [6.07, 6.45) is 2.01. The standard InChI is InChI=1S/C15H13N3O2S/c16-9-11-3-4-14(15(8-11)18(19)20)17-6-1-2-13(17)12-5-7-21-10-12/h3-5,7-8,10,13H,1-2,6H2/t13-/m1/s1. The average molecular weight is 299 g/mol. The summed E-state index contributed by atoms with van der Waals surface area (Å²) in [5, 5.41) is 24.4. The number of anilines is 1. The SMILES string of the molecule is N#Cc1ccc(N2CCC[C@@H]2c2ccsc2)c([N+](=O)[O-])c1. The van der Waals surface area contributed by atoms with Crippen LogP contribution in [0.3, 0.4) is 0 Å². The molecule has 2 aromatic rings. The minimum atomic E-state index is -0.404. The fourth-order valence-electron chi connectivity index (χ4n) is 2.85. The average Bonchev–Trinajstić information content (AvgIpc) is 3.17. The first kappa shape index (κ1) is 13.6. The molecular formula is C15H13N3O2S. The molecule has 1 atom stereocenters. The van der Waals surface area contributed by atoms with Gasteiger partial charge in [0.05, 0.1) is 22.6 Å². The van der Waals surface area contributed by atoms with Crippen LogP contribution >= 0.6 is 11.3 Å². The second-order valence-corrected chi connectivity index (χ2v) is 5.76. The quantitative estimate of drug-likeness (QED) is 0.637. The van der Waals surface area contributed by atoms with Gasteiger partial charge in [-0.05, 0) is 47.4 Å². The molecule has 0 amide bonds.